The number of ether oxygens (including phenoxy) is 2. The topological polar surface area (TPSA) is 81.9 Å². The Kier molecular flexibility index (Phi) is 6.71. The van der Waals surface area contributed by atoms with Gasteiger partial charge in [-0.15, -0.1) is 6.42 Å². The van der Waals surface area contributed by atoms with Crippen LogP contribution in [0.15, 0.2) is 12.1 Å². The summed E-state index contributed by atoms with van der Waals surface area (Å²) in [6.45, 7) is -5.90. The standard InChI is InChI=1S/C14H11F5N2O5/c1-3-4-20(7-14(17,18)19)12(22)8-5-10(25-2)11(26-13(15)16)6-9(8)21(23)24/h1,5-6,13H,4,7H2,2H3. The largest absolute Gasteiger partial charge is 0.493 e. The molecule has 26 heavy (non-hydrogen) atoms. The fourth-order valence-corrected chi connectivity index (χ4v) is 1.92. The van der Waals surface area contributed by atoms with Gasteiger partial charge in [-0.2, -0.15) is 22.0 Å². The van der Waals surface area contributed by atoms with Crippen LogP contribution >= 0.6 is 0 Å². The molecule has 0 heterocycles. The van der Waals surface area contributed by atoms with E-state index < -0.39 is 59.5 Å². The van der Waals surface area contributed by atoms with E-state index in [0.29, 0.717) is 12.1 Å². The number of terminal acetylenes is 1. The molecule has 0 atom stereocenters. The van der Waals surface area contributed by atoms with Crippen LogP contribution in [0.5, 0.6) is 11.5 Å². The Morgan fingerprint density at radius 2 is 2.00 bits per heavy atom. The van der Waals surface area contributed by atoms with Gasteiger partial charge in [0.2, 0.25) is 0 Å². The van der Waals surface area contributed by atoms with Crippen LogP contribution in [0.25, 0.3) is 0 Å². The van der Waals surface area contributed by atoms with E-state index in [1.165, 1.54) is 0 Å². The number of nitrogens with zero attached hydrogens (tertiary/aromatic N) is 2. The molecule has 1 rings (SSSR count). The minimum Gasteiger partial charge on any atom is -0.493 e. The molecule has 0 spiro atoms. The van der Waals surface area contributed by atoms with E-state index in [1.54, 1.807) is 0 Å². The zero-order chi connectivity index (χ0) is 20.1. The van der Waals surface area contributed by atoms with E-state index in [-0.39, 0.29) is 4.90 Å². The normalized spacial score (nSPS) is 11.0. The van der Waals surface area contributed by atoms with E-state index >= 15 is 0 Å². The maximum Gasteiger partial charge on any atom is 0.406 e. The lowest BCUT2D eigenvalue weighted by atomic mass is 10.1. The minimum atomic E-state index is -4.82. The summed E-state index contributed by atoms with van der Waals surface area (Å²) >= 11 is 0. The molecule has 1 aromatic carbocycles. The quantitative estimate of drug-likeness (QED) is 0.314. The highest BCUT2D eigenvalue weighted by molar-refractivity contribution is 5.99. The number of nitro benzene ring substituents is 1. The lowest BCUT2D eigenvalue weighted by molar-refractivity contribution is -0.385. The van der Waals surface area contributed by atoms with Gasteiger partial charge in [-0.05, 0) is 0 Å². The van der Waals surface area contributed by atoms with Crippen LogP contribution in [0, 0.1) is 22.5 Å². The Bertz CT molecular complexity index is 730. The Morgan fingerprint density at radius 1 is 1.38 bits per heavy atom. The predicted octanol–water partition coefficient (Wildman–Crippen LogP) is 2.84. The lowest BCUT2D eigenvalue weighted by Crippen LogP contribution is -2.39. The van der Waals surface area contributed by atoms with Gasteiger partial charge in [-0.25, -0.2) is 0 Å². The van der Waals surface area contributed by atoms with Gasteiger partial charge >= 0.3 is 12.8 Å². The van der Waals surface area contributed by atoms with Gasteiger partial charge in [0.15, 0.2) is 11.5 Å². The smallest absolute Gasteiger partial charge is 0.406 e. The average Bonchev–Trinajstić information content (AvgIpc) is 2.51. The van der Waals surface area contributed by atoms with E-state index in [4.69, 9.17) is 11.2 Å². The fraction of sp³-hybridized carbons (Fsp3) is 0.357. The molecule has 0 N–H and O–H groups in total. The molecule has 0 aliphatic rings. The number of carbonyl (C=O) groups is 1. The van der Waals surface area contributed by atoms with E-state index in [2.05, 4.69) is 4.74 Å². The molecule has 142 valence electrons. The van der Waals surface area contributed by atoms with Gasteiger partial charge in [0.1, 0.15) is 12.1 Å². The molecule has 0 unspecified atom stereocenters. The van der Waals surface area contributed by atoms with Crippen LogP contribution in [-0.2, 0) is 0 Å². The fourth-order valence-electron chi connectivity index (χ4n) is 1.92. The van der Waals surface area contributed by atoms with Gasteiger partial charge in [-0.1, -0.05) is 5.92 Å². The van der Waals surface area contributed by atoms with Gasteiger partial charge < -0.3 is 14.4 Å². The maximum atomic E-state index is 12.6. The van der Waals surface area contributed by atoms with Crippen molar-refractivity contribution in [3.63, 3.8) is 0 Å². The average molecular weight is 382 g/mol. The van der Waals surface area contributed by atoms with Crippen molar-refractivity contribution in [3.05, 3.63) is 27.8 Å². The molecule has 1 aromatic rings. The van der Waals surface area contributed by atoms with Gasteiger partial charge in [0, 0.05) is 6.07 Å². The first-order valence-electron chi connectivity index (χ1n) is 6.61. The van der Waals surface area contributed by atoms with Crippen molar-refractivity contribution in [1.29, 1.82) is 0 Å². The molecule has 0 aliphatic carbocycles. The molecular weight excluding hydrogens is 371 g/mol. The Morgan fingerprint density at radius 3 is 2.42 bits per heavy atom. The van der Waals surface area contributed by atoms with Crippen molar-refractivity contribution >= 4 is 11.6 Å². The van der Waals surface area contributed by atoms with Gasteiger partial charge in [0.25, 0.3) is 11.6 Å². The molecule has 0 saturated carbocycles. The van der Waals surface area contributed by atoms with E-state index in [9.17, 15) is 36.9 Å². The summed E-state index contributed by atoms with van der Waals surface area (Å²) < 4.78 is 71.3. The summed E-state index contributed by atoms with van der Waals surface area (Å²) in [6.07, 6.45) is 0.108. The highest BCUT2D eigenvalue weighted by Gasteiger charge is 2.36. The molecular formula is C14H11F5N2O5. The van der Waals surface area contributed by atoms with Crippen LogP contribution in [0.1, 0.15) is 10.4 Å². The predicted molar refractivity (Wildman–Crippen MR) is 77.1 cm³/mol. The lowest BCUT2D eigenvalue weighted by Gasteiger charge is -2.22. The van der Waals surface area contributed by atoms with Gasteiger partial charge in [0.05, 0.1) is 24.6 Å². The first-order chi connectivity index (χ1) is 12.0. The summed E-state index contributed by atoms with van der Waals surface area (Å²) in [5, 5.41) is 11.1. The first-order valence-corrected chi connectivity index (χ1v) is 6.61. The first kappa shape index (κ1) is 20.9. The molecule has 0 radical (unpaired) electrons. The third-order valence-corrected chi connectivity index (χ3v) is 2.86. The monoisotopic (exact) mass is 382 g/mol. The molecule has 0 fully saturated rings. The second-order valence-corrected chi connectivity index (χ2v) is 4.64. The molecule has 0 bridgehead atoms. The number of benzene rings is 1. The third-order valence-electron chi connectivity index (χ3n) is 2.86. The number of rotatable bonds is 7. The maximum absolute atomic E-state index is 12.6. The van der Waals surface area contributed by atoms with Crippen LogP contribution in [0.2, 0.25) is 0 Å². The Hall–Kier alpha value is -3.10. The number of carbonyl (C=O) groups excluding carboxylic acids is 1. The summed E-state index contributed by atoms with van der Waals surface area (Å²) in [7, 11) is 0.989. The van der Waals surface area contributed by atoms with E-state index in [0.717, 1.165) is 7.11 Å². The minimum absolute atomic E-state index is 0.148. The highest BCUT2D eigenvalue weighted by Crippen LogP contribution is 2.36. The summed E-state index contributed by atoms with van der Waals surface area (Å²) in [4.78, 5) is 22.5. The van der Waals surface area contributed by atoms with Crippen LogP contribution in [0.3, 0.4) is 0 Å². The highest BCUT2D eigenvalue weighted by atomic mass is 19.4. The third kappa shape index (κ3) is 5.47. The molecule has 0 aromatic heterocycles. The number of amides is 1. The molecule has 0 saturated heterocycles. The van der Waals surface area contributed by atoms with Crippen LogP contribution in [-0.4, -0.2) is 48.7 Å². The van der Waals surface area contributed by atoms with Crippen molar-refractivity contribution < 1.29 is 41.1 Å². The van der Waals surface area contributed by atoms with Crippen molar-refractivity contribution in [2.24, 2.45) is 0 Å². The molecule has 7 nitrogen and oxygen atoms in total. The second-order valence-electron chi connectivity index (χ2n) is 4.64. The number of hydrogen-bond acceptors (Lipinski definition) is 5. The summed E-state index contributed by atoms with van der Waals surface area (Å²) in [5.41, 5.74) is -1.87. The molecule has 12 heteroatoms. The van der Waals surface area contributed by atoms with Crippen molar-refractivity contribution in [1.82, 2.24) is 4.90 Å². The van der Waals surface area contributed by atoms with E-state index in [1.807, 2.05) is 5.92 Å². The number of hydrogen-bond donors (Lipinski definition) is 0. The summed E-state index contributed by atoms with van der Waals surface area (Å²) in [5.74, 6) is -0.853. The van der Waals surface area contributed by atoms with Crippen LogP contribution in [0.4, 0.5) is 27.6 Å². The molecule has 1 amide bonds. The van der Waals surface area contributed by atoms with Gasteiger partial charge in [-0.3, -0.25) is 14.9 Å². The SMILES string of the molecule is C#CCN(CC(F)(F)F)C(=O)c1cc(OC)c(OC(F)F)cc1[N+](=O)[O-]. The summed E-state index contributed by atoms with van der Waals surface area (Å²) in [6, 6.07) is 1.10. The zero-order valence-corrected chi connectivity index (χ0v) is 13.0. The zero-order valence-electron chi connectivity index (χ0n) is 13.0. The number of nitro groups is 1. The Labute approximate surface area is 143 Å². The van der Waals surface area contributed by atoms with Crippen molar-refractivity contribution in [3.8, 4) is 23.8 Å². The number of halogens is 5. The second kappa shape index (κ2) is 8.32. The van der Waals surface area contributed by atoms with Crippen LogP contribution < -0.4 is 9.47 Å². The Balaban J connectivity index is 3.46. The number of alkyl halides is 5. The molecule has 0 aliphatic heterocycles. The van der Waals surface area contributed by atoms with Crippen molar-refractivity contribution in [2.75, 3.05) is 20.2 Å². The van der Waals surface area contributed by atoms with Crippen molar-refractivity contribution in [2.45, 2.75) is 12.8 Å². The number of methoxy groups -OCH3 is 1.